The van der Waals surface area contributed by atoms with Gasteiger partial charge in [-0.3, -0.25) is 14.4 Å². The first-order valence-corrected chi connectivity index (χ1v) is 8.11. The number of rotatable bonds is 5. The summed E-state index contributed by atoms with van der Waals surface area (Å²) in [6, 6.07) is 11.8. The van der Waals surface area contributed by atoms with E-state index in [1.807, 2.05) is 6.92 Å². The van der Waals surface area contributed by atoms with Crippen molar-refractivity contribution in [2.24, 2.45) is 0 Å². The third-order valence-corrected chi connectivity index (χ3v) is 3.95. The Kier molecular flexibility index (Phi) is 5.93. The summed E-state index contributed by atoms with van der Waals surface area (Å²) in [5.74, 6) is -0.644. The second-order valence-electron chi connectivity index (χ2n) is 5.72. The van der Waals surface area contributed by atoms with E-state index in [2.05, 4.69) is 5.32 Å². The Hall–Kier alpha value is -2.66. The molecule has 1 N–H and O–H groups in total. The molecule has 0 heterocycles. The van der Waals surface area contributed by atoms with Gasteiger partial charge in [-0.1, -0.05) is 17.7 Å². The molecule has 0 saturated heterocycles. The maximum Gasteiger partial charge on any atom is 0.244 e. The van der Waals surface area contributed by atoms with Crippen LogP contribution in [0.2, 0.25) is 5.02 Å². The zero-order valence-electron chi connectivity index (χ0n) is 14.3. The lowest BCUT2D eigenvalue weighted by molar-refractivity contribution is -0.120. The van der Waals surface area contributed by atoms with Crippen LogP contribution in [0.1, 0.15) is 29.8 Å². The van der Waals surface area contributed by atoms with E-state index in [1.54, 1.807) is 42.5 Å². The monoisotopic (exact) mass is 358 g/mol. The van der Waals surface area contributed by atoms with Crippen molar-refractivity contribution in [1.29, 1.82) is 0 Å². The van der Waals surface area contributed by atoms with Crippen molar-refractivity contribution in [3.05, 3.63) is 58.6 Å². The van der Waals surface area contributed by atoms with Crippen LogP contribution in [0.5, 0.6) is 0 Å². The van der Waals surface area contributed by atoms with E-state index in [9.17, 15) is 14.4 Å². The maximum atomic E-state index is 12.3. The summed E-state index contributed by atoms with van der Waals surface area (Å²) < 4.78 is 0. The van der Waals surface area contributed by atoms with E-state index in [-0.39, 0.29) is 24.1 Å². The predicted molar refractivity (Wildman–Crippen MR) is 99.3 cm³/mol. The van der Waals surface area contributed by atoms with Gasteiger partial charge in [0.25, 0.3) is 0 Å². The molecule has 0 atom stereocenters. The minimum Gasteiger partial charge on any atom is -0.325 e. The van der Waals surface area contributed by atoms with Crippen LogP contribution >= 0.6 is 11.6 Å². The summed E-state index contributed by atoms with van der Waals surface area (Å²) >= 11 is 6.01. The van der Waals surface area contributed by atoms with Gasteiger partial charge in [0, 0.05) is 28.9 Å². The van der Waals surface area contributed by atoms with Crippen molar-refractivity contribution in [2.45, 2.75) is 20.8 Å². The van der Waals surface area contributed by atoms with Gasteiger partial charge < -0.3 is 10.2 Å². The molecule has 6 heteroatoms. The molecule has 0 spiro atoms. The summed E-state index contributed by atoms with van der Waals surface area (Å²) in [6.45, 7) is 4.59. The number of aryl methyl sites for hydroxylation is 1. The van der Waals surface area contributed by atoms with E-state index in [0.717, 1.165) is 5.56 Å². The molecule has 0 aromatic heterocycles. The topological polar surface area (TPSA) is 66.5 Å². The highest BCUT2D eigenvalue weighted by atomic mass is 35.5. The number of carbonyl (C=O) groups is 3. The number of hydrogen-bond acceptors (Lipinski definition) is 3. The van der Waals surface area contributed by atoms with Crippen molar-refractivity contribution in [3.8, 4) is 0 Å². The quantitative estimate of drug-likeness (QED) is 0.826. The van der Waals surface area contributed by atoms with Gasteiger partial charge in [0.05, 0.1) is 0 Å². The number of nitrogens with zero attached hydrogens (tertiary/aromatic N) is 1. The number of anilines is 2. The van der Waals surface area contributed by atoms with Crippen LogP contribution in [0.3, 0.4) is 0 Å². The van der Waals surface area contributed by atoms with Crippen LogP contribution in [0.15, 0.2) is 42.5 Å². The molecule has 2 rings (SSSR count). The van der Waals surface area contributed by atoms with Crippen LogP contribution in [0.4, 0.5) is 11.4 Å². The molecular weight excluding hydrogens is 340 g/mol. The number of Topliss-reactive ketones (excluding diaryl/α,β-unsaturated/α-hetero) is 1. The van der Waals surface area contributed by atoms with Crippen LogP contribution in [0, 0.1) is 6.92 Å². The molecule has 0 aliphatic rings. The number of hydrogen-bond donors (Lipinski definition) is 1. The predicted octanol–water partition coefficient (Wildman–Crippen LogP) is 3.84. The third-order valence-electron chi connectivity index (χ3n) is 3.72. The molecule has 5 nitrogen and oxygen atoms in total. The van der Waals surface area contributed by atoms with Gasteiger partial charge in [-0.05, 0) is 55.8 Å². The van der Waals surface area contributed by atoms with Crippen molar-refractivity contribution in [2.75, 3.05) is 16.8 Å². The van der Waals surface area contributed by atoms with Crippen LogP contribution in [0.25, 0.3) is 0 Å². The highest BCUT2D eigenvalue weighted by Crippen LogP contribution is 2.24. The number of carbonyl (C=O) groups excluding carboxylic acids is 3. The van der Waals surface area contributed by atoms with Gasteiger partial charge in [-0.25, -0.2) is 0 Å². The van der Waals surface area contributed by atoms with E-state index >= 15 is 0 Å². The first kappa shape index (κ1) is 18.7. The number of ketones is 1. The maximum absolute atomic E-state index is 12.3. The highest BCUT2D eigenvalue weighted by molar-refractivity contribution is 6.31. The minimum absolute atomic E-state index is 0.0444. The standard InChI is InChI=1S/C19H19ClN2O3/c1-12-4-7-16(20)10-18(12)22(14(3)24)11-19(25)21-17-8-5-15(6-9-17)13(2)23/h4-10H,11H2,1-3H3,(H,21,25). The number of halogens is 1. The zero-order chi connectivity index (χ0) is 18.6. The minimum atomic E-state index is -0.342. The third kappa shape index (κ3) is 4.90. The molecule has 0 aliphatic heterocycles. The van der Waals surface area contributed by atoms with Gasteiger partial charge in [0.1, 0.15) is 6.54 Å². The summed E-state index contributed by atoms with van der Waals surface area (Å²) in [7, 11) is 0. The van der Waals surface area contributed by atoms with Gasteiger partial charge in [-0.2, -0.15) is 0 Å². The van der Waals surface area contributed by atoms with Gasteiger partial charge in [0.2, 0.25) is 11.8 Å². The summed E-state index contributed by atoms with van der Waals surface area (Å²) in [5.41, 5.74) is 2.57. The SMILES string of the molecule is CC(=O)c1ccc(NC(=O)CN(C(C)=O)c2cc(Cl)ccc2C)cc1. The van der Waals surface area contributed by atoms with E-state index in [0.29, 0.717) is 22.0 Å². The first-order valence-electron chi connectivity index (χ1n) is 7.73. The largest absolute Gasteiger partial charge is 0.325 e. The summed E-state index contributed by atoms with van der Waals surface area (Å²) in [4.78, 5) is 36.9. The fourth-order valence-electron chi connectivity index (χ4n) is 2.37. The molecule has 2 aromatic carbocycles. The van der Waals surface area contributed by atoms with Crippen molar-refractivity contribution in [3.63, 3.8) is 0 Å². The Balaban J connectivity index is 2.14. The normalized spacial score (nSPS) is 10.2. The van der Waals surface area contributed by atoms with Crippen molar-refractivity contribution >= 4 is 40.6 Å². The molecular formula is C19H19ClN2O3. The second kappa shape index (κ2) is 7.94. The lowest BCUT2D eigenvalue weighted by Crippen LogP contribution is -2.37. The fraction of sp³-hybridized carbons (Fsp3) is 0.211. The molecule has 0 fully saturated rings. The number of amides is 2. The van der Waals surface area contributed by atoms with Crippen LogP contribution in [-0.2, 0) is 9.59 Å². The van der Waals surface area contributed by atoms with Gasteiger partial charge >= 0.3 is 0 Å². The molecule has 0 bridgehead atoms. The van der Waals surface area contributed by atoms with E-state index < -0.39 is 0 Å². The molecule has 25 heavy (non-hydrogen) atoms. The summed E-state index contributed by atoms with van der Waals surface area (Å²) in [6.07, 6.45) is 0. The smallest absolute Gasteiger partial charge is 0.244 e. The Morgan fingerprint density at radius 3 is 2.24 bits per heavy atom. The van der Waals surface area contributed by atoms with Gasteiger partial charge in [-0.15, -0.1) is 0 Å². The average Bonchev–Trinajstić information content (AvgIpc) is 2.55. The molecule has 130 valence electrons. The Labute approximate surface area is 151 Å². The Morgan fingerprint density at radius 1 is 1.04 bits per heavy atom. The lowest BCUT2D eigenvalue weighted by Gasteiger charge is -2.23. The highest BCUT2D eigenvalue weighted by Gasteiger charge is 2.18. The molecule has 2 aromatic rings. The molecule has 2 amide bonds. The number of nitrogens with one attached hydrogen (secondary N) is 1. The van der Waals surface area contributed by atoms with E-state index in [1.165, 1.54) is 18.7 Å². The fourth-order valence-corrected chi connectivity index (χ4v) is 2.54. The molecule has 0 radical (unpaired) electrons. The number of benzene rings is 2. The Morgan fingerprint density at radius 2 is 1.68 bits per heavy atom. The van der Waals surface area contributed by atoms with Crippen LogP contribution in [-0.4, -0.2) is 24.1 Å². The Bertz CT molecular complexity index is 816. The van der Waals surface area contributed by atoms with Crippen molar-refractivity contribution < 1.29 is 14.4 Å². The molecule has 0 saturated carbocycles. The molecule has 0 unspecified atom stereocenters. The zero-order valence-corrected chi connectivity index (χ0v) is 15.1. The van der Waals surface area contributed by atoms with E-state index in [4.69, 9.17) is 11.6 Å². The average molecular weight is 359 g/mol. The first-order chi connectivity index (χ1) is 11.8. The van der Waals surface area contributed by atoms with Crippen LogP contribution < -0.4 is 10.2 Å². The van der Waals surface area contributed by atoms with Crippen molar-refractivity contribution in [1.82, 2.24) is 0 Å². The summed E-state index contributed by atoms with van der Waals surface area (Å²) in [5, 5.41) is 3.21. The molecule has 0 aliphatic carbocycles. The lowest BCUT2D eigenvalue weighted by atomic mass is 10.1. The van der Waals surface area contributed by atoms with Gasteiger partial charge in [0.15, 0.2) is 5.78 Å². The second-order valence-corrected chi connectivity index (χ2v) is 6.15.